The molecule has 7 nitrogen and oxygen atoms in total. The van der Waals surface area contributed by atoms with Gasteiger partial charge in [-0.2, -0.15) is 0 Å². The standard InChI is InChI=1S/C28H43BrN2O5S/c1-7-10-13-36-27(35)21-22-25(33)31(19(16-32)14-17(4)5)24(28(22)15-20(29)23(21)37-28)26(34)30(12-9-3)18(6)11-8-2/h7,9,17-24,32H,1,3,8,10-16H2,2,4-6H3/t18?,19-,20?,21-,22+,23-,24?,28?/m1/s1. The fraction of sp³-hybridized carbons (Fsp3) is 0.750. The second kappa shape index (κ2) is 12.7. The van der Waals surface area contributed by atoms with Gasteiger partial charge in [0, 0.05) is 22.7 Å². The molecule has 9 heteroatoms. The number of nitrogens with zero attached hydrogens (tertiary/aromatic N) is 2. The van der Waals surface area contributed by atoms with E-state index in [0.717, 1.165) is 12.8 Å². The number of fused-ring (bicyclic) bond motifs is 1. The minimum absolute atomic E-state index is 0.0210. The molecule has 3 aliphatic rings. The average molecular weight is 600 g/mol. The van der Waals surface area contributed by atoms with E-state index in [1.54, 1.807) is 28.8 Å². The highest BCUT2D eigenvalue weighted by Crippen LogP contribution is 2.68. The van der Waals surface area contributed by atoms with E-state index >= 15 is 0 Å². The molecule has 4 unspecified atom stereocenters. The van der Waals surface area contributed by atoms with Crippen molar-refractivity contribution in [2.75, 3.05) is 19.8 Å². The molecule has 3 saturated heterocycles. The lowest BCUT2D eigenvalue weighted by Gasteiger charge is -2.41. The van der Waals surface area contributed by atoms with Crippen LogP contribution < -0.4 is 0 Å². The Morgan fingerprint density at radius 3 is 2.59 bits per heavy atom. The number of ether oxygens (including phenoxy) is 1. The van der Waals surface area contributed by atoms with Crippen molar-refractivity contribution >= 4 is 45.5 Å². The van der Waals surface area contributed by atoms with Crippen LogP contribution in [0.2, 0.25) is 0 Å². The Morgan fingerprint density at radius 2 is 2.03 bits per heavy atom. The van der Waals surface area contributed by atoms with Crippen molar-refractivity contribution in [3.8, 4) is 0 Å². The quantitative estimate of drug-likeness (QED) is 0.140. The van der Waals surface area contributed by atoms with E-state index in [2.05, 4.69) is 36.0 Å². The summed E-state index contributed by atoms with van der Waals surface area (Å²) >= 11 is 5.38. The predicted molar refractivity (Wildman–Crippen MR) is 151 cm³/mol. The Morgan fingerprint density at radius 1 is 1.32 bits per heavy atom. The first-order chi connectivity index (χ1) is 17.6. The van der Waals surface area contributed by atoms with Gasteiger partial charge in [0.25, 0.3) is 0 Å². The van der Waals surface area contributed by atoms with Crippen molar-refractivity contribution in [3.05, 3.63) is 25.3 Å². The molecular formula is C28H43BrN2O5S. The van der Waals surface area contributed by atoms with Crippen LogP contribution in [-0.4, -0.2) is 85.4 Å². The number of thioether (sulfide) groups is 1. The summed E-state index contributed by atoms with van der Waals surface area (Å²) in [6.07, 6.45) is 6.89. The van der Waals surface area contributed by atoms with Gasteiger partial charge in [-0.3, -0.25) is 14.4 Å². The van der Waals surface area contributed by atoms with E-state index in [-0.39, 0.29) is 53.0 Å². The van der Waals surface area contributed by atoms with Gasteiger partial charge in [-0.25, -0.2) is 0 Å². The maximum atomic E-state index is 14.5. The molecule has 0 aromatic carbocycles. The van der Waals surface area contributed by atoms with Crippen LogP contribution in [0.5, 0.6) is 0 Å². The summed E-state index contributed by atoms with van der Waals surface area (Å²) in [7, 11) is 0. The van der Waals surface area contributed by atoms with Crippen LogP contribution in [0, 0.1) is 17.8 Å². The second-order valence-corrected chi connectivity index (χ2v) is 13.8. The summed E-state index contributed by atoms with van der Waals surface area (Å²) in [5.41, 5.74) is 0. The number of esters is 1. The number of carbonyl (C=O) groups excluding carboxylic acids is 3. The summed E-state index contributed by atoms with van der Waals surface area (Å²) in [6, 6.07) is -1.29. The number of amides is 2. The molecule has 0 saturated carbocycles. The number of halogens is 1. The van der Waals surface area contributed by atoms with Gasteiger partial charge in [0.15, 0.2) is 0 Å². The van der Waals surface area contributed by atoms with Gasteiger partial charge in [-0.1, -0.05) is 55.3 Å². The largest absolute Gasteiger partial charge is 0.465 e. The Hall–Kier alpha value is -1.32. The third kappa shape index (κ3) is 5.55. The van der Waals surface area contributed by atoms with Crippen LogP contribution in [0.3, 0.4) is 0 Å². The maximum absolute atomic E-state index is 14.5. The molecule has 1 N–H and O–H groups in total. The highest BCUT2D eigenvalue weighted by atomic mass is 79.9. The van der Waals surface area contributed by atoms with E-state index < -0.39 is 28.7 Å². The molecule has 2 bridgehead atoms. The smallest absolute Gasteiger partial charge is 0.310 e. The average Bonchev–Trinajstić information content (AvgIpc) is 3.44. The number of aliphatic hydroxyl groups is 1. The van der Waals surface area contributed by atoms with Crippen LogP contribution >= 0.6 is 27.7 Å². The molecular weight excluding hydrogens is 556 g/mol. The number of likely N-dealkylation sites (tertiary alicyclic amines) is 1. The first kappa shape index (κ1) is 30.2. The van der Waals surface area contributed by atoms with Gasteiger partial charge < -0.3 is 19.6 Å². The van der Waals surface area contributed by atoms with Crippen LogP contribution in [0.15, 0.2) is 25.3 Å². The first-order valence-corrected chi connectivity index (χ1v) is 15.3. The normalized spacial score (nSPS) is 31.8. The van der Waals surface area contributed by atoms with Crippen LogP contribution in [-0.2, 0) is 19.1 Å². The van der Waals surface area contributed by atoms with E-state index in [4.69, 9.17) is 4.74 Å². The molecule has 8 atom stereocenters. The molecule has 208 valence electrons. The molecule has 0 aromatic rings. The van der Waals surface area contributed by atoms with Gasteiger partial charge >= 0.3 is 5.97 Å². The van der Waals surface area contributed by atoms with Crippen molar-refractivity contribution in [2.24, 2.45) is 17.8 Å². The fourth-order valence-electron chi connectivity index (χ4n) is 6.53. The molecule has 2 amide bonds. The lowest BCUT2D eigenvalue weighted by Crippen LogP contribution is -2.59. The number of hydrogen-bond acceptors (Lipinski definition) is 6. The first-order valence-electron chi connectivity index (χ1n) is 13.5. The van der Waals surface area contributed by atoms with Gasteiger partial charge in [0.1, 0.15) is 6.04 Å². The number of hydrogen-bond donors (Lipinski definition) is 1. The van der Waals surface area contributed by atoms with E-state index in [1.165, 1.54) is 0 Å². The van der Waals surface area contributed by atoms with Crippen molar-refractivity contribution < 1.29 is 24.2 Å². The van der Waals surface area contributed by atoms with Crippen molar-refractivity contribution in [1.82, 2.24) is 9.80 Å². The van der Waals surface area contributed by atoms with Crippen molar-refractivity contribution in [1.29, 1.82) is 0 Å². The van der Waals surface area contributed by atoms with Crippen molar-refractivity contribution in [2.45, 2.75) is 92.7 Å². The highest BCUT2D eigenvalue weighted by Gasteiger charge is 2.76. The summed E-state index contributed by atoms with van der Waals surface area (Å²) in [5.74, 6) is -1.79. The minimum atomic E-state index is -0.763. The third-order valence-corrected chi connectivity index (χ3v) is 11.2. The zero-order chi connectivity index (χ0) is 27.5. The summed E-state index contributed by atoms with van der Waals surface area (Å²) in [6.45, 7) is 16.1. The lowest BCUT2D eigenvalue weighted by molar-refractivity contribution is -0.154. The Kier molecular flexibility index (Phi) is 10.4. The SMILES string of the molecule is C=CCCOC(=O)[C@H]1[C@@H]2SC3(CC2Br)C(C(=O)N(CC=C)C(C)CCC)N([C@@H](CO)CC(C)C)C(=O)[C@H]13. The highest BCUT2D eigenvalue weighted by molar-refractivity contribution is 9.09. The van der Waals surface area contributed by atoms with E-state index in [0.29, 0.717) is 25.8 Å². The molecule has 0 aromatic heterocycles. The molecule has 0 aliphatic carbocycles. The van der Waals surface area contributed by atoms with Gasteiger partial charge in [0.05, 0.1) is 35.8 Å². The van der Waals surface area contributed by atoms with Gasteiger partial charge in [-0.15, -0.1) is 24.9 Å². The molecule has 37 heavy (non-hydrogen) atoms. The zero-order valence-corrected chi connectivity index (χ0v) is 25.0. The zero-order valence-electron chi connectivity index (χ0n) is 22.6. The molecule has 3 heterocycles. The Bertz CT molecular complexity index is 885. The monoisotopic (exact) mass is 598 g/mol. The van der Waals surface area contributed by atoms with Gasteiger partial charge in [-0.05, 0) is 38.5 Å². The molecule has 3 rings (SSSR count). The number of carbonyl (C=O) groups is 3. The number of alkyl halides is 1. The van der Waals surface area contributed by atoms with Crippen LogP contribution in [0.4, 0.5) is 0 Å². The Balaban J connectivity index is 2.10. The predicted octanol–water partition coefficient (Wildman–Crippen LogP) is 4.18. The van der Waals surface area contributed by atoms with Crippen molar-refractivity contribution in [3.63, 3.8) is 0 Å². The molecule has 0 radical (unpaired) electrons. The van der Waals surface area contributed by atoms with Gasteiger partial charge in [0.2, 0.25) is 11.8 Å². The summed E-state index contributed by atoms with van der Waals surface area (Å²) in [5, 5.41) is 10.3. The second-order valence-electron chi connectivity index (χ2n) is 11.0. The fourth-order valence-corrected chi connectivity index (χ4v) is 10.1. The minimum Gasteiger partial charge on any atom is -0.465 e. The number of rotatable bonds is 14. The van der Waals surface area contributed by atoms with Crippen LogP contribution in [0.1, 0.15) is 59.8 Å². The van der Waals surface area contributed by atoms with Crippen LogP contribution in [0.25, 0.3) is 0 Å². The summed E-state index contributed by atoms with van der Waals surface area (Å²) in [4.78, 5) is 45.6. The lowest BCUT2D eigenvalue weighted by atomic mass is 9.71. The molecule has 3 aliphatic heterocycles. The topological polar surface area (TPSA) is 87.2 Å². The third-order valence-electron chi connectivity index (χ3n) is 7.99. The Labute approximate surface area is 234 Å². The molecule has 3 fully saturated rings. The maximum Gasteiger partial charge on any atom is 0.310 e. The van der Waals surface area contributed by atoms with E-state index in [9.17, 15) is 19.5 Å². The molecule has 1 spiro atoms. The van der Waals surface area contributed by atoms with E-state index in [1.807, 2.05) is 25.7 Å². The summed E-state index contributed by atoms with van der Waals surface area (Å²) < 4.78 is 4.83. The number of aliphatic hydroxyl groups excluding tert-OH is 1.